The molecule has 1 heterocycles. The minimum absolute atomic E-state index is 0.111. The molecule has 0 spiro atoms. The fraction of sp³-hybridized carbons (Fsp3) is 0.214. The maximum Gasteiger partial charge on any atom is 0.273 e. The van der Waals surface area contributed by atoms with Gasteiger partial charge in [0.05, 0.1) is 29.0 Å². The van der Waals surface area contributed by atoms with Crippen LogP contribution in [0.25, 0.3) is 0 Å². The van der Waals surface area contributed by atoms with Gasteiger partial charge >= 0.3 is 0 Å². The topological polar surface area (TPSA) is 107 Å². The van der Waals surface area contributed by atoms with Crippen molar-refractivity contribution >= 4 is 29.0 Å². The second-order valence-electron chi connectivity index (χ2n) is 4.42. The van der Waals surface area contributed by atoms with E-state index < -0.39 is 10.2 Å². The summed E-state index contributed by atoms with van der Waals surface area (Å²) >= 11 is 1.21. The second-order valence-corrected chi connectivity index (χ2v) is 5.73. The fourth-order valence-corrected chi connectivity index (χ4v) is 2.41. The van der Waals surface area contributed by atoms with Crippen LogP contribution in [0.4, 0.5) is 11.4 Å². The van der Waals surface area contributed by atoms with E-state index in [4.69, 9.17) is 4.74 Å². The Morgan fingerprint density at radius 1 is 1.39 bits per heavy atom. The van der Waals surface area contributed by atoms with Crippen LogP contribution in [0.1, 0.15) is 6.92 Å². The zero-order valence-corrected chi connectivity index (χ0v) is 13.2. The van der Waals surface area contributed by atoms with Gasteiger partial charge in [-0.15, -0.1) is 0 Å². The Labute approximate surface area is 136 Å². The third-order valence-corrected chi connectivity index (χ3v) is 3.84. The number of anilines is 1. The summed E-state index contributed by atoms with van der Waals surface area (Å²) in [6.45, 7) is 1.72. The monoisotopic (exact) mass is 334 g/mol. The highest BCUT2D eigenvalue weighted by atomic mass is 32.2. The third-order valence-electron chi connectivity index (χ3n) is 2.85. The van der Waals surface area contributed by atoms with Crippen LogP contribution in [-0.2, 0) is 4.79 Å². The summed E-state index contributed by atoms with van der Waals surface area (Å²) in [7, 11) is 1.38. The first kappa shape index (κ1) is 16.7. The molecule has 0 aliphatic carbocycles. The molecule has 0 fully saturated rings. The smallest absolute Gasteiger partial charge is 0.273 e. The van der Waals surface area contributed by atoms with Crippen molar-refractivity contribution in [2.75, 3.05) is 12.4 Å². The van der Waals surface area contributed by atoms with Crippen LogP contribution >= 0.6 is 11.8 Å². The Kier molecular flexibility index (Phi) is 5.47. The van der Waals surface area contributed by atoms with Crippen LogP contribution in [0, 0.1) is 10.1 Å². The van der Waals surface area contributed by atoms with Gasteiger partial charge in [0.1, 0.15) is 5.75 Å². The number of rotatable bonds is 6. The summed E-state index contributed by atoms with van der Waals surface area (Å²) in [6.07, 6.45) is 3.19. The van der Waals surface area contributed by atoms with Gasteiger partial charge in [-0.25, -0.2) is 9.97 Å². The molecular formula is C14H14N4O4S. The number of nitro groups is 1. The van der Waals surface area contributed by atoms with Gasteiger partial charge in [0.2, 0.25) is 5.91 Å². The molecule has 1 aromatic heterocycles. The molecule has 8 nitrogen and oxygen atoms in total. The molecule has 0 saturated heterocycles. The number of ether oxygens (including phenoxy) is 1. The highest BCUT2D eigenvalue weighted by Crippen LogP contribution is 2.30. The van der Waals surface area contributed by atoms with E-state index in [1.165, 1.54) is 37.1 Å². The number of non-ortho nitro benzene ring substituents is 1. The summed E-state index contributed by atoms with van der Waals surface area (Å²) in [4.78, 5) is 30.5. The summed E-state index contributed by atoms with van der Waals surface area (Å²) in [6, 6.07) is 5.69. The van der Waals surface area contributed by atoms with Crippen molar-refractivity contribution in [2.45, 2.75) is 17.3 Å². The van der Waals surface area contributed by atoms with Gasteiger partial charge in [0, 0.05) is 18.5 Å². The zero-order chi connectivity index (χ0) is 16.8. The lowest BCUT2D eigenvalue weighted by molar-refractivity contribution is -0.384. The summed E-state index contributed by atoms with van der Waals surface area (Å²) < 4.78 is 5.08. The van der Waals surface area contributed by atoms with E-state index in [-0.39, 0.29) is 17.3 Å². The molecule has 1 atom stereocenters. The van der Waals surface area contributed by atoms with Crippen molar-refractivity contribution in [1.82, 2.24) is 9.97 Å². The molecule has 0 unspecified atom stereocenters. The van der Waals surface area contributed by atoms with Gasteiger partial charge in [-0.1, -0.05) is 11.8 Å². The molecule has 1 N–H and O–H groups in total. The van der Waals surface area contributed by atoms with Crippen LogP contribution in [0.2, 0.25) is 0 Å². The third kappa shape index (κ3) is 4.39. The van der Waals surface area contributed by atoms with Gasteiger partial charge in [-0.2, -0.15) is 0 Å². The predicted octanol–water partition coefficient (Wildman–Crippen LogP) is 2.51. The Balaban J connectivity index is 2.08. The van der Waals surface area contributed by atoms with Crippen LogP contribution < -0.4 is 10.1 Å². The molecule has 120 valence electrons. The number of nitrogens with zero attached hydrogens (tertiary/aromatic N) is 3. The van der Waals surface area contributed by atoms with Crippen molar-refractivity contribution < 1.29 is 14.5 Å². The normalized spacial score (nSPS) is 11.6. The molecule has 1 aromatic carbocycles. The van der Waals surface area contributed by atoms with E-state index in [0.717, 1.165) is 0 Å². The minimum Gasteiger partial charge on any atom is -0.494 e. The molecule has 2 rings (SSSR count). The maximum absolute atomic E-state index is 12.2. The number of aromatic nitrogens is 2. The zero-order valence-electron chi connectivity index (χ0n) is 12.4. The molecule has 2 aromatic rings. The van der Waals surface area contributed by atoms with E-state index in [1.54, 1.807) is 25.4 Å². The molecule has 0 saturated carbocycles. The lowest BCUT2D eigenvalue weighted by Crippen LogP contribution is -2.23. The highest BCUT2D eigenvalue weighted by Gasteiger charge is 2.19. The number of benzene rings is 1. The first-order chi connectivity index (χ1) is 11.0. The van der Waals surface area contributed by atoms with Gasteiger partial charge in [0.15, 0.2) is 5.16 Å². The average Bonchev–Trinajstić information content (AvgIpc) is 2.55. The largest absolute Gasteiger partial charge is 0.494 e. The molecule has 0 radical (unpaired) electrons. The maximum atomic E-state index is 12.2. The van der Waals surface area contributed by atoms with Crippen LogP contribution in [0.15, 0.2) is 41.8 Å². The minimum atomic E-state index is -0.528. The number of carbonyl (C=O) groups is 1. The number of nitro benzene ring substituents is 1. The number of hydrogen-bond donors (Lipinski definition) is 1. The van der Waals surface area contributed by atoms with Gasteiger partial charge in [0.25, 0.3) is 5.69 Å². The van der Waals surface area contributed by atoms with Crippen molar-refractivity contribution in [3.63, 3.8) is 0 Å². The number of methoxy groups -OCH3 is 1. The first-order valence-corrected chi connectivity index (χ1v) is 7.46. The van der Waals surface area contributed by atoms with Crippen molar-refractivity contribution in [1.29, 1.82) is 0 Å². The van der Waals surface area contributed by atoms with E-state index in [9.17, 15) is 14.9 Å². The molecule has 0 aliphatic rings. The standard InChI is InChI=1S/C14H14N4O4S/c1-9(23-14-15-6-3-7-16-14)13(19)17-11-5-4-10(18(20)21)8-12(11)22-2/h3-9H,1-2H3,(H,17,19)/t9-/m0/s1. The van der Waals surface area contributed by atoms with Gasteiger partial charge in [-0.05, 0) is 19.1 Å². The van der Waals surface area contributed by atoms with E-state index in [1.807, 2.05) is 0 Å². The van der Waals surface area contributed by atoms with E-state index in [2.05, 4.69) is 15.3 Å². The van der Waals surface area contributed by atoms with E-state index in [0.29, 0.717) is 10.8 Å². The molecule has 0 bridgehead atoms. The average molecular weight is 334 g/mol. The second kappa shape index (κ2) is 7.54. The number of hydrogen-bond acceptors (Lipinski definition) is 7. The SMILES string of the molecule is COc1cc([N+](=O)[O-])ccc1NC(=O)[C@H](C)Sc1ncccn1. The highest BCUT2D eigenvalue weighted by molar-refractivity contribution is 8.00. The van der Waals surface area contributed by atoms with Crippen molar-refractivity contribution in [3.05, 3.63) is 46.8 Å². The van der Waals surface area contributed by atoms with Crippen LogP contribution in [0.3, 0.4) is 0 Å². The van der Waals surface area contributed by atoms with Crippen molar-refractivity contribution in [2.24, 2.45) is 0 Å². The van der Waals surface area contributed by atoms with Crippen LogP contribution in [-0.4, -0.2) is 33.2 Å². The lowest BCUT2D eigenvalue weighted by atomic mass is 10.2. The Bertz CT molecular complexity index is 711. The Morgan fingerprint density at radius 3 is 2.70 bits per heavy atom. The summed E-state index contributed by atoms with van der Waals surface area (Å²) in [5.74, 6) is -0.0599. The van der Waals surface area contributed by atoms with E-state index >= 15 is 0 Å². The number of thioether (sulfide) groups is 1. The lowest BCUT2D eigenvalue weighted by Gasteiger charge is -2.13. The van der Waals surface area contributed by atoms with Gasteiger partial charge < -0.3 is 10.1 Å². The summed E-state index contributed by atoms with van der Waals surface area (Å²) in [5.41, 5.74) is 0.254. The molecule has 23 heavy (non-hydrogen) atoms. The first-order valence-electron chi connectivity index (χ1n) is 6.58. The summed E-state index contributed by atoms with van der Waals surface area (Å²) in [5, 5.41) is 13.5. The fourth-order valence-electron chi connectivity index (χ4n) is 1.69. The molecule has 0 aliphatic heterocycles. The van der Waals surface area contributed by atoms with Crippen LogP contribution in [0.5, 0.6) is 5.75 Å². The number of carbonyl (C=O) groups excluding carboxylic acids is 1. The molecular weight excluding hydrogens is 320 g/mol. The number of nitrogens with one attached hydrogen (secondary N) is 1. The predicted molar refractivity (Wildman–Crippen MR) is 85.6 cm³/mol. The Hall–Kier alpha value is -2.68. The van der Waals surface area contributed by atoms with Crippen molar-refractivity contribution in [3.8, 4) is 5.75 Å². The Morgan fingerprint density at radius 2 is 2.09 bits per heavy atom. The van der Waals surface area contributed by atoms with Gasteiger partial charge in [-0.3, -0.25) is 14.9 Å². The molecule has 1 amide bonds. The quantitative estimate of drug-likeness (QED) is 0.374. The number of amides is 1. The molecule has 9 heteroatoms.